The molecule has 0 unspecified atom stereocenters. The summed E-state index contributed by atoms with van der Waals surface area (Å²) in [6, 6.07) is 6.91. The number of nitro benzene ring substituents is 1. The summed E-state index contributed by atoms with van der Waals surface area (Å²) in [6.07, 6.45) is 0. The Morgan fingerprint density at radius 1 is 1.36 bits per heavy atom. The topological polar surface area (TPSA) is 114 Å². The standard InChI is InChI=1S/C16H13ClN2O6/c17-11-3-9-6-23-8-25-15(9)10(4-11)7-24-16(20)13-2-1-12(19(21)22)5-14(13)18/h1-5H,6-8,18H2. The van der Waals surface area contributed by atoms with E-state index in [0.717, 1.165) is 11.6 Å². The first-order valence-corrected chi connectivity index (χ1v) is 7.56. The summed E-state index contributed by atoms with van der Waals surface area (Å²) in [6.45, 7) is 0.370. The van der Waals surface area contributed by atoms with Crippen molar-refractivity contribution in [2.45, 2.75) is 13.2 Å². The molecule has 1 aliphatic rings. The number of fused-ring (bicyclic) bond motifs is 1. The molecule has 0 atom stereocenters. The Kier molecular flexibility index (Phi) is 4.73. The number of anilines is 1. The lowest BCUT2D eigenvalue weighted by molar-refractivity contribution is -0.384. The minimum absolute atomic E-state index is 0.0306. The molecule has 0 bridgehead atoms. The van der Waals surface area contributed by atoms with Crippen LogP contribution in [0.15, 0.2) is 30.3 Å². The fourth-order valence-corrected chi connectivity index (χ4v) is 2.70. The summed E-state index contributed by atoms with van der Waals surface area (Å²) < 4.78 is 15.9. The number of benzene rings is 2. The number of non-ortho nitro benzene ring substituents is 1. The van der Waals surface area contributed by atoms with Gasteiger partial charge < -0.3 is 19.9 Å². The number of nitro groups is 1. The molecule has 0 saturated heterocycles. The van der Waals surface area contributed by atoms with Gasteiger partial charge in [-0.05, 0) is 18.2 Å². The van der Waals surface area contributed by atoms with E-state index in [1.807, 2.05) is 0 Å². The van der Waals surface area contributed by atoms with Gasteiger partial charge in [-0.2, -0.15) is 0 Å². The summed E-state index contributed by atoms with van der Waals surface area (Å²) >= 11 is 6.05. The van der Waals surface area contributed by atoms with E-state index in [1.165, 1.54) is 12.1 Å². The number of rotatable bonds is 4. The smallest absolute Gasteiger partial charge is 0.340 e. The molecule has 9 heteroatoms. The van der Waals surface area contributed by atoms with Crippen molar-refractivity contribution < 1.29 is 23.9 Å². The molecular weight excluding hydrogens is 352 g/mol. The zero-order valence-electron chi connectivity index (χ0n) is 12.9. The van der Waals surface area contributed by atoms with E-state index in [0.29, 0.717) is 22.9 Å². The van der Waals surface area contributed by atoms with Crippen molar-refractivity contribution in [2.24, 2.45) is 0 Å². The number of hydrogen-bond donors (Lipinski definition) is 1. The van der Waals surface area contributed by atoms with Crippen LogP contribution in [0.3, 0.4) is 0 Å². The first kappa shape index (κ1) is 17.0. The zero-order valence-corrected chi connectivity index (χ0v) is 13.6. The van der Waals surface area contributed by atoms with E-state index in [9.17, 15) is 14.9 Å². The number of ether oxygens (including phenoxy) is 3. The first-order chi connectivity index (χ1) is 12.0. The highest BCUT2D eigenvalue weighted by Crippen LogP contribution is 2.32. The summed E-state index contributed by atoms with van der Waals surface area (Å²) in [4.78, 5) is 22.3. The number of nitrogens with two attached hydrogens (primary N) is 1. The lowest BCUT2D eigenvalue weighted by Crippen LogP contribution is -2.14. The number of halogens is 1. The Balaban J connectivity index is 1.77. The van der Waals surface area contributed by atoms with Gasteiger partial charge in [0.1, 0.15) is 12.4 Å². The van der Waals surface area contributed by atoms with Crippen molar-refractivity contribution in [1.82, 2.24) is 0 Å². The van der Waals surface area contributed by atoms with Gasteiger partial charge in [-0.15, -0.1) is 0 Å². The van der Waals surface area contributed by atoms with Crippen molar-refractivity contribution in [3.05, 3.63) is 62.2 Å². The summed E-state index contributed by atoms with van der Waals surface area (Å²) in [7, 11) is 0. The van der Waals surface area contributed by atoms with Crippen molar-refractivity contribution in [2.75, 3.05) is 12.5 Å². The van der Waals surface area contributed by atoms with E-state index < -0.39 is 10.9 Å². The molecule has 3 rings (SSSR count). The minimum atomic E-state index is -0.701. The molecule has 0 spiro atoms. The summed E-state index contributed by atoms with van der Waals surface area (Å²) in [5.74, 6) is -0.131. The van der Waals surface area contributed by atoms with Crippen LogP contribution in [0.4, 0.5) is 11.4 Å². The Hall–Kier alpha value is -2.84. The molecule has 1 aliphatic heterocycles. The molecule has 1 heterocycles. The predicted molar refractivity (Wildman–Crippen MR) is 88.4 cm³/mol. The summed E-state index contributed by atoms with van der Waals surface area (Å²) in [5.41, 5.74) is 6.87. The molecule has 2 N–H and O–H groups in total. The quantitative estimate of drug-likeness (QED) is 0.383. The van der Waals surface area contributed by atoms with E-state index >= 15 is 0 Å². The second-order valence-corrected chi connectivity index (χ2v) is 5.71. The third-order valence-corrected chi connectivity index (χ3v) is 3.79. The van der Waals surface area contributed by atoms with Crippen LogP contribution in [0.5, 0.6) is 5.75 Å². The molecule has 25 heavy (non-hydrogen) atoms. The average Bonchev–Trinajstić information content (AvgIpc) is 2.59. The SMILES string of the molecule is Nc1cc([N+](=O)[O-])ccc1C(=O)OCc1cc(Cl)cc2c1OCOC2. The lowest BCUT2D eigenvalue weighted by atomic mass is 10.1. The van der Waals surface area contributed by atoms with Gasteiger partial charge in [0.2, 0.25) is 0 Å². The molecule has 130 valence electrons. The molecule has 8 nitrogen and oxygen atoms in total. The number of nitrogens with zero attached hydrogens (tertiary/aromatic N) is 1. The lowest BCUT2D eigenvalue weighted by Gasteiger charge is -2.21. The van der Waals surface area contributed by atoms with Gasteiger partial charge in [0, 0.05) is 28.3 Å². The second kappa shape index (κ2) is 6.96. The van der Waals surface area contributed by atoms with Crippen LogP contribution < -0.4 is 10.5 Å². The molecule has 0 fully saturated rings. The van der Waals surface area contributed by atoms with Crippen LogP contribution in [0.1, 0.15) is 21.5 Å². The highest BCUT2D eigenvalue weighted by Gasteiger charge is 2.19. The number of nitrogen functional groups attached to an aromatic ring is 1. The monoisotopic (exact) mass is 364 g/mol. The molecular formula is C16H13ClN2O6. The maximum atomic E-state index is 12.2. The summed E-state index contributed by atoms with van der Waals surface area (Å²) in [5, 5.41) is 11.2. The number of hydrogen-bond acceptors (Lipinski definition) is 7. The van der Waals surface area contributed by atoms with Crippen LogP contribution in [0.25, 0.3) is 0 Å². The van der Waals surface area contributed by atoms with Gasteiger partial charge >= 0.3 is 5.97 Å². The molecule has 0 amide bonds. The van der Waals surface area contributed by atoms with Gasteiger partial charge in [-0.1, -0.05) is 11.6 Å². The maximum Gasteiger partial charge on any atom is 0.340 e. The minimum Gasteiger partial charge on any atom is -0.467 e. The molecule has 0 aliphatic carbocycles. The average molecular weight is 365 g/mol. The number of carbonyl (C=O) groups is 1. The van der Waals surface area contributed by atoms with Crippen LogP contribution in [0, 0.1) is 10.1 Å². The number of carbonyl (C=O) groups excluding carboxylic acids is 1. The van der Waals surface area contributed by atoms with Crippen LogP contribution >= 0.6 is 11.6 Å². The predicted octanol–water partition coefficient (Wildman–Crippen LogP) is 3.05. The van der Waals surface area contributed by atoms with Gasteiger partial charge in [-0.3, -0.25) is 10.1 Å². The molecule has 0 aromatic heterocycles. The fraction of sp³-hybridized carbons (Fsp3) is 0.188. The zero-order chi connectivity index (χ0) is 18.0. The first-order valence-electron chi connectivity index (χ1n) is 7.18. The van der Waals surface area contributed by atoms with E-state index in [4.69, 9.17) is 31.5 Å². The normalized spacial score (nSPS) is 12.8. The van der Waals surface area contributed by atoms with E-state index in [1.54, 1.807) is 12.1 Å². The Morgan fingerprint density at radius 2 is 2.16 bits per heavy atom. The Bertz CT molecular complexity index is 855. The maximum absolute atomic E-state index is 12.2. The van der Waals surface area contributed by atoms with Crippen molar-refractivity contribution in [3.63, 3.8) is 0 Å². The van der Waals surface area contributed by atoms with E-state index in [2.05, 4.69) is 0 Å². The van der Waals surface area contributed by atoms with Gasteiger partial charge in [0.25, 0.3) is 5.69 Å². The van der Waals surface area contributed by atoms with Crippen LogP contribution in [-0.4, -0.2) is 17.7 Å². The van der Waals surface area contributed by atoms with Gasteiger partial charge in [0.15, 0.2) is 6.79 Å². The third-order valence-electron chi connectivity index (χ3n) is 3.58. The van der Waals surface area contributed by atoms with Crippen LogP contribution in [-0.2, 0) is 22.7 Å². The highest BCUT2D eigenvalue weighted by atomic mass is 35.5. The second-order valence-electron chi connectivity index (χ2n) is 5.27. The Morgan fingerprint density at radius 3 is 2.88 bits per heavy atom. The van der Waals surface area contributed by atoms with Gasteiger partial charge in [-0.25, -0.2) is 4.79 Å². The molecule has 2 aromatic carbocycles. The van der Waals surface area contributed by atoms with Crippen molar-refractivity contribution >= 4 is 28.9 Å². The molecule has 0 saturated carbocycles. The molecule has 2 aromatic rings. The Labute approximate surface area is 147 Å². The number of esters is 1. The van der Waals surface area contributed by atoms with E-state index in [-0.39, 0.29) is 30.3 Å². The van der Waals surface area contributed by atoms with Crippen LogP contribution in [0.2, 0.25) is 5.02 Å². The fourth-order valence-electron chi connectivity index (χ4n) is 2.43. The van der Waals surface area contributed by atoms with Crippen molar-refractivity contribution in [1.29, 1.82) is 0 Å². The highest BCUT2D eigenvalue weighted by molar-refractivity contribution is 6.30. The largest absolute Gasteiger partial charge is 0.467 e. The third kappa shape index (κ3) is 3.65. The molecule has 0 radical (unpaired) electrons. The van der Waals surface area contributed by atoms with Gasteiger partial charge in [0.05, 0.1) is 22.8 Å². The van der Waals surface area contributed by atoms with Crippen molar-refractivity contribution in [3.8, 4) is 5.75 Å².